The highest BCUT2D eigenvalue weighted by Crippen LogP contribution is 2.27. The van der Waals surface area contributed by atoms with Crippen LogP contribution in [0.4, 0.5) is 5.69 Å². The lowest BCUT2D eigenvalue weighted by atomic mass is 10.0. The van der Waals surface area contributed by atoms with Gasteiger partial charge in [0.15, 0.2) is 0 Å². The number of rotatable bonds is 9. The molecule has 0 aliphatic heterocycles. The molecule has 0 bridgehead atoms. The molecule has 180 valence electrons. The number of benzene rings is 3. The average molecular weight is 470 g/mol. The second kappa shape index (κ2) is 10.6. The lowest BCUT2D eigenvalue weighted by Crippen LogP contribution is -2.31. The van der Waals surface area contributed by atoms with E-state index in [1.165, 1.54) is 5.56 Å². The molecule has 35 heavy (non-hydrogen) atoms. The van der Waals surface area contributed by atoms with Crippen molar-refractivity contribution >= 4 is 28.5 Å². The highest BCUT2D eigenvalue weighted by Gasteiger charge is 2.14. The maximum atomic E-state index is 12.6. The molecule has 0 unspecified atom stereocenters. The van der Waals surface area contributed by atoms with Crippen molar-refractivity contribution in [2.45, 2.75) is 26.2 Å². The molecule has 4 rings (SSSR count). The Labute approximate surface area is 205 Å². The Morgan fingerprint density at radius 3 is 2.37 bits per heavy atom. The van der Waals surface area contributed by atoms with Gasteiger partial charge in [-0.2, -0.15) is 0 Å². The summed E-state index contributed by atoms with van der Waals surface area (Å²) >= 11 is 0. The zero-order valence-electron chi connectivity index (χ0n) is 20.4. The van der Waals surface area contributed by atoms with Crippen molar-refractivity contribution in [1.29, 1.82) is 0 Å². The number of carbonyl (C=O) groups excluding carboxylic acids is 1. The maximum absolute atomic E-state index is 12.6. The quantitative estimate of drug-likeness (QED) is 0.336. The Morgan fingerprint density at radius 1 is 1.00 bits per heavy atom. The lowest BCUT2D eigenvalue weighted by Gasteiger charge is -2.16. The van der Waals surface area contributed by atoms with Crippen LogP contribution in [-0.2, 0) is 11.2 Å². The van der Waals surface area contributed by atoms with E-state index in [0.29, 0.717) is 18.9 Å². The molecular weight excluding hydrogens is 438 g/mol. The molecule has 2 N–H and O–H groups in total. The second-order valence-corrected chi connectivity index (χ2v) is 9.21. The number of fused-ring (bicyclic) bond motifs is 1. The Bertz CT molecular complexity index is 1320. The molecular formula is C29H31N3O3. The van der Waals surface area contributed by atoms with Gasteiger partial charge in [-0.05, 0) is 73.0 Å². The molecule has 1 heterocycles. The molecule has 0 atom stereocenters. The van der Waals surface area contributed by atoms with Crippen LogP contribution in [0, 0.1) is 0 Å². The molecule has 0 fully saturated rings. The summed E-state index contributed by atoms with van der Waals surface area (Å²) in [4.78, 5) is 26.1. The summed E-state index contributed by atoms with van der Waals surface area (Å²) in [5.41, 5.74) is 5.31. The second-order valence-electron chi connectivity index (χ2n) is 9.21. The standard InChI is InChI=1S/C29H31N3O3/c1-20(2)21-9-12-24(13-10-21)30-28(33)19-31(3)16-15-23-18-32(25-7-5-4-6-8-25)27-14-11-22(29(34)35)17-26(23)27/h4-14,17-18,20H,15-16,19H2,1-3H3,(H,30,33)(H,34,35). The summed E-state index contributed by atoms with van der Waals surface area (Å²) in [7, 11) is 1.92. The van der Waals surface area contributed by atoms with Gasteiger partial charge in [0, 0.05) is 29.5 Å². The normalized spacial score (nSPS) is 11.3. The molecule has 0 aliphatic rings. The third-order valence-electron chi connectivity index (χ3n) is 6.21. The fourth-order valence-electron chi connectivity index (χ4n) is 4.22. The van der Waals surface area contributed by atoms with Gasteiger partial charge in [-0.25, -0.2) is 4.79 Å². The Hall–Kier alpha value is -3.90. The van der Waals surface area contributed by atoms with Gasteiger partial charge in [0.2, 0.25) is 5.91 Å². The number of likely N-dealkylation sites (N-methyl/N-ethyl adjacent to an activating group) is 1. The highest BCUT2D eigenvalue weighted by molar-refractivity contribution is 5.95. The van der Waals surface area contributed by atoms with Gasteiger partial charge >= 0.3 is 5.97 Å². The topological polar surface area (TPSA) is 74.6 Å². The summed E-state index contributed by atoms with van der Waals surface area (Å²) in [6, 6.07) is 23.2. The van der Waals surface area contributed by atoms with Gasteiger partial charge in [0.05, 0.1) is 17.6 Å². The van der Waals surface area contributed by atoms with E-state index in [0.717, 1.165) is 27.8 Å². The van der Waals surface area contributed by atoms with E-state index in [1.54, 1.807) is 12.1 Å². The van der Waals surface area contributed by atoms with Gasteiger partial charge in [0.1, 0.15) is 0 Å². The van der Waals surface area contributed by atoms with Crippen LogP contribution < -0.4 is 5.32 Å². The summed E-state index contributed by atoms with van der Waals surface area (Å²) < 4.78 is 2.09. The monoisotopic (exact) mass is 469 g/mol. The van der Waals surface area contributed by atoms with E-state index in [9.17, 15) is 14.7 Å². The molecule has 1 amide bonds. The average Bonchev–Trinajstić information content (AvgIpc) is 3.21. The van der Waals surface area contributed by atoms with Gasteiger partial charge in [0.25, 0.3) is 0 Å². The Morgan fingerprint density at radius 2 is 1.71 bits per heavy atom. The lowest BCUT2D eigenvalue weighted by molar-refractivity contribution is -0.117. The van der Waals surface area contributed by atoms with Gasteiger partial charge < -0.3 is 15.0 Å². The number of para-hydroxylation sites is 1. The van der Waals surface area contributed by atoms with Crippen LogP contribution in [0.15, 0.2) is 79.0 Å². The maximum Gasteiger partial charge on any atom is 0.335 e. The molecule has 3 aromatic carbocycles. The first kappa shape index (κ1) is 24.2. The molecule has 0 saturated carbocycles. The van der Waals surface area contributed by atoms with Crippen LogP contribution in [0.25, 0.3) is 16.6 Å². The molecule has 0 saturated heterocycles. The summed E-state index contributed by atoms with van der Waals surface area (Å²) in [5, 5.41) is 13.4. The first-order valence-corrected chi connectivity index (χ1v) is 11.8. The molecule has 1 aromatic heterocycles. The zero-order chi connectivity index (χ0) is 24.9. The van der Waals surface area contributed by atoms with E-state index < -0.39 is 5.97 Å². The van der Waals surface area contributed by atoms with Gasteiger partial charge in [-0.1, -0.05) is 44.2 Å². The van der Waals surface area contributed by atoms with Crippen LogP contribution in [0.2, 0.25) is 0 Å². The predicted octanol–water partition coefficient (Wildman–Crippen LogP) is 5.57. The number of carbonyl (C=O) groups is 2. The summed E-state index contributed by atoms with van der Waals surface area (Å²) in [6.45, 7) is 5.21. The van der Waals surface area contributed by atoms with Crippen LogP contribution in [0.3, 0.4) is 0 Å². The fraction of sp³-hybridized carbons (Fsp3) is 0.241. The van der Waals surface area contributed by atoms with E-state index in [4.69, 9.17) is 0 Å². The Balaban J connectivity index is 1.46. The van der Waals surface area contributed by atoms with Crippen molar-refractivity contribution in [2.75, 3.05) is 25.5 Å². The van der Waals surface area contributed by atoms with Gasteiger partial charge in [-0.3, -0.25) is 9.69 Å². The number of aromatic carboxylic acids is 1. The number of amides is 1. The molecule has 4 aromatic rings. The number of nitrogens with one attached hydrogen (secondary N) is 1. The Kier molecular flexibility index (Phi) is 7.32. The van der Waals surface area contributed by atoms with Crippen molar-refractivity contribution in [3.63, 3.8) is 0 Å². The number of carboxylic acid groups (broad SMARTS) is 1. The minimum atomic E-state index is -0.944. The number of carboxylic acids is 1. The van der Waals surface area contributed by atoms with E-state index in [1.807, 2.05) is 72.6 Å². The number of aromatic nitrogens is 1. The minimum Gasteiger partial charge on any atom is -0.478 e. The smallest absolute Gasteiger partial charge is 0.335 e. The third-order valence-corrected chi connectivity index (χ3v) is 6.21. The van der Waals surface area contributed by atoms with Crippen LogP contribution >= 0.6 is 0 Å². The summed E-state index contributed by atoms with van der Waals surface area (Å²) in [6.07, 6.45) is 2.75. The van der Waals surface area contributed by atoms with Crippen LogP contribution in [0.1, 0.15) is 41.3 Å². The van der Waals surface area contributed by atoms with Crippen molar-refractivity contribution < 1.29 is 14.7 Å². The number of nitrogens with zero attached hydrogens (tertiary/aromatic N) is 2. The number of anilines is 1. The zero-order valence-corrected chi connectivity index (χ0v) is 20.4. The van der Waals surface area contributed by atoms with Crippen molar-refractivity contribution in [2.24, 2.45) is 0 Å². The SMILES string of the molecule is CC(C)c1ccc(NC(=O)CN(C)CCc2cn(-c3ccccc3)c3ccc(C(=O)O)cc23)cc1. The van der Waals surface area contributed by atoms with E-state index in [2.05, 4.69) is 29.9 Å². The van der Waals surface area contributed by atoms with Crippen LogP contribution in [0.5, 0.6) is 0 Å². The van der Waals surface area contributed by atoms with E-state index in [-0.39, 0.29) is 18.0 Å². The highest BCUT2D eigenvalue weighted by atomic mass is 16.4. The van der Waals surface area contributed by atoms with Gasteiger partial charge in [-0.15, -0.1) is 0 Å². The molecule has 6 heteroatoms. The fourth-order valence-corrected chi connectivity index (χ4v) is 4.22. The third kappa shape index (κ3) is 5.78. The van der Waals surface area contributed by atoms with Crippen LogP contribution in [-0.4, -0.2) is 46.6 Å². The molecule has 6 nitrogen and oxygen atoms in total. The largest absolute Gasteiger partial charge is 0.478 e. The van der Waals surface area contributed by atoms with E-state index >= 15 is 0 Å². The molecule has 0 spiro atoms. The minimum absolute atomic E-state index is 0.0651. The van der Waals surface area contributed by atoms with Crippen molar-refractivity contribution in [1.82, 2.24) is 9.47 Å². The predicted molar refractivity (Wildman–Crippen MR) is 141 cm³/mol. The molecule has 0 aliphatic carbocycles. The summed E-state index contributed by atoms with van der Waals surface area (Å²) in [5.74, 6) is -0.560. The number of hydrogen-bond acceptors (Lipinski definition) is 3. The number of hydrogen-bond donors (Lipinski definition) is 2. The molecule has 0 radical (unpaired) electrons. The first-order valence-electron chi connectivity index (χ1n) is 11.8. The van der Waals surface area contributed by atoms with Crippen molar-refractivity contribution in [3.05, 3.63) is 95.7 Å². The van der Waals surface area contributed by atoms with Crippen molar-refractivity contribution in [3.8, 4) is 5.69 Å². The first-order chi connectivity index (χ1) is 16.8.